The van der Waals surface area contributed by atoms with E-state index in [0.29, 0.717) is 19.4 Å². The second-order valence-electron chi connectivity index (χ2n) is 10.1. The Morgan fingerprint density at radius 2 is 1.66 bits per heavy atom. The molecule has 0 spiro atoms. The quantitative estimate of drug-likeness (QED) is 0.647. The van der Waals surface area contributed by atoms with Crippen LogP contribution in [-0.4, -0.2) is 59.5 Å². The van der Waals surface area contributed by atoms with Gasteiger partial charge in [-0.3, -0.25) is 0 Å². The van der Waals surface area contributed by atoms with Crippen LogP contribution in [0.5, 0.6) is 0 Å². The largest absolute Gasteiger partial charge is 0.480 e. The average Bonchev–Trinajstić information content (AvgIpc) is 3.13. The minimum absolute atomic E-state index is 0.0486. The van der Waals surface area contributed by atoms with E-state index in [0.717, 1.165) is 22.3 Å². The molecule has 186 valence electrons. The van der Waals surface area contributed by atoms with Crippen molar-refractivity contribution < 1.29 is 29.0 Å². The van der Waals surface area contributed by atoms with Crippen molar-refractivity contribution in [1.29, 1.82) is 0 Å². The summed E-state index contributed by atoms with van der Waals surface area (Å²) in [4.78, 5) is 38.6. The van der Waals surface area contributed by atoms with E-state index in [1.54, 1.807) is 20.8 Å². The van der Waals surface area contributed by atoms with Crippen LogP contribution >= 0.6 is 0 Å². The predicted octanol–water partition coefficient (Wildman–Crippen LogP) is 4.63. The Balaban J connectivity index is 1.40. The molecular weight excluding hydrogens is 448 g/mol. The number of nitrogens with zero attached hydrogens (tertiary/aromatic N) is 1. The molecular formula is C27H32N2O6. The van der Waals surface area contributed by atoms with Crippen molar-refractivity contribution >= 4 is 18.2 Å². The maximum absolute atomic E-state index is 13.0. The molecule has 2 aromatic rings. The normalized spacial score (nSPS) is 18.3. The summed E-state index contributed by atoms with van der Waals surface area (Å²) in [6, 6.07) is 15.1. The third kappa shape index (κ3) is 5.58. The maximum atomic E-state index is 13.0. The highest BCUT2D eigenvalue weighted by Gasteiger charge is 2.37. The van der Waals surface area contributed by atoms with Crippen molar-refractivity contribution in [2.24, 2.45) is 5.92 Å². The number of carbonyl (C=O) groups excluding carboxylic acids is 2. The molecule has 1 saturated heterocycles. The van der Waals surface area contributed by atoms with Gasteiger partial charge in [-0.05, 0) is 55.9 Å². The lowest BCUT2D eigenvalue weighted by Gasteiger charge is -2.35. The fourth-order valence-electron chi connectivity index (χ4n) is 4.95. The number of benzene rings is 2. The summed E-state index contributed by atoms with van der Waals surface area (Å²) >= 11 is 0. The molecule has 2 atom stereocenters. The van der Waals surface area contributed by atoms with Gasteiger partial charge < -0.3 is 24.8 Å². The Kier molecular flexibility index (Phi) is 7.00. The molecule has 2 N–H and O–H groups in total. The van der Waals surface area contributed by atoms with Gasteiger partial charge in [-0.15, -0.1) is 0 Å². The van der Waals surface area contributed by atoms with E-state index in [1.807, 2.05) is 24.3 Å². The van der Waals surface area contributed by atoms with Gasteiger partial charge in [-0.25, -0.2) is 14.4 Å². The molecule has 1 fully saturated rings. The van der Waals surface area contributed by atoms with Crippen LogP contribution in [0.1, 0.15) is 50.7 Å². The van der Waals surface area contributed by atoms with Crippen LogP contribution in [-0.2, 0) is 14.3 Å². The zero-order valence-corrected chi connectivity index (χ0v) is 20.3. The Labute approximate surface area is 205 Å². The van der Waals surface area contributed by atoms with Gasteiger partial charge in [0.1, 0.15) is 18.2 Å². The molecule has 4 rings (SSSR count). The molecule has 1 heterocycles. The van der Waals surface area contributed by atoms with Gasteiger partial charge in [0.2, 0.25) is 0 Å². The molecule has 2 unspecified atom stereocenters. The minimum Gasteiger partial charge on any atom is -0.480 e. The zero-order valence-electron chi connectivity index (χ0n) is 20.3. The van der Waals surface area contributed by atoms with E-state index < -0.39 is 35.7 Å². The van der Waals surface area contributed by atoms with Crippen LogP contribution in [0.15, 0.2) is 48.5 Å². The SMILES string of the molecule is CC(C)(C)OC(=O)NC(C(=O)O)C1CCCN(C(=O)OCC2c3ccccc3-c3ccccc32)C1. The predicted molar refractivity (Wildman–Crippen MR) is 130 cm³/mol. The lowest BCUT2D eigenvalue weighted by Crippen LogP contribution is -2.53. The number of nitrogens with one attached hydrogen (secondary N) is 1. The molecule has 0 bridgehead atoms. The van der Waals surface area contributed by atoms with Gasteiger partial charge in [-0.2, -0.15) is 0 Å². The number of carboxylic acids is 1. The van der Waals surface area contributed by atoms with Crippen LogP contribution in [0.2, 0.25) is 0 Å². The van der Waals surface area contributed by atoms with Gasteiger partial charge >= 0.3 is 18.2 Å². The minimum atomic E-state index is -1.16. The number of amides is 2. The molecule has 2 aliphatic rings. The molecule has 0 aromatic heterocycles. The Bertz CT molecular complexity index is 1060. The van der Waals surface area contributed by atoms with Crippen molar-refractivity contribution in [3.63, 3.8) is 0 Å². The molecule has 1 aliphatic heterocycles. The number of fused-ring (bicyclic) bond motifs is 3. The van der Waals surface area contributed by atoms with E-state index >= 15 is 0 Å². The summed E-state index contributed by atoms with van der Waals surface area (Å²) in [6.45, 7) is 5.99. The molecule has 2 amide bonds. The highest BCUT2D eigenvalue weighted by molar-refractivity contribution is 5.81. The Hall–Kier alpha value is -3.55. The highest BCUT2D eigenvalue weighted by atomic mass is 16.6. The van der Waals surface area contributed by atoms with Crippen molar-refractivity contribution in [3.8, 4) is 11.1 Å². The van der Waals surface area contributed by atoms with Gasteiger partial charge in [-0.1, -0.05) is 48.5 Å². The Morgan fingerprint density at radius 1 is 1.06 bits per heavy atom. The number of aliphatic carboxylic acids is 1. The van der Waals surface area contributed by atoms with Crippen LogP contribution in [0, 0.1) is 5.92 Å². The van der Waals surface area contributed by atoms with Crippen LogP contribution in [0.3, 0.4) is 0 Å². The average molecular weight is 481 g/mol. The third-order valence-electron chi connectivity index (χ3n) is 6.46. The maximum Gasteiger partial charge on any atom is 0.409 e. The van der Waals surface area contributed by atoms with E-state index in [1.165, 1.54) is 4.90 Å². The number of piperidine rings is 1. The first-order chi connectivity index (χ1) is 16.6. The van der Waals surface area contributed by atoms with Crippen molar-refractivity contribution in [2.45, 2.75) is 51.2 Å². The summed E-state index contributed by atoms with van der Waals surface area (Å²) in [7, 11) is 0. The lowest BCUT2D eigenvalue weighted by atomic mass is 9.91. The first-order valence-electron chi connectivity index (χ1n) is 12.0. The monoisotopic (exact) mass is 480 g/mol. The fourth-order valence-corrected chi connectivity index (χ4v) is 4.95. The standard InChI is InChI=1S/C27H32N2O6/c1-27(2,3)35-25(32)28-23(24(30)31)17-9-8-14-29(15-17)26(33)34-16-22-20-12-6-4-10-18(20)19-11-5-7-13-21(19)22/h4-7,10-13,17,22-23H,8-9,14-16H2,1-3H3,(H,28,32)(H,30,31). The fraction of sp³-hybridized carbons (Fsp3) is 0.444. The zero-order chi connectivity index (χ0) is 25.2. The topological polar surface area (TPSA) is 105 Å². The van der Waals surface area contributed by atoms with Gasteiger partial charge in [0.05, 0.1) is 0 Å². The molecule has 0 radical (unpaired) electrons. The summed E-state index contributed by atoms with van der Waals surface area (Å²) in [5, 5.41) is 12.2. The second-order valence-corrected chi connectivity index (χ2v) is 10.1. The number of carboxylic acid groups (broad SMARTS) is 1. The number of carbonyl (C=O) groups is 3. The number of hydrogen-bond donors (Lipinski definition) is 2. The van der Waals surface area contributed by atoms with Crippen molar-refractivity contribution in [3.05, 3.63) is 59.7 Å². The second kappa shape index (κ2) is 9.98. The number of alkyl carbamates (subject to hydrolysis) is 1. The smallest absolute Gasteiger partial charge is 0.409 e. The van der Waals surface area contributed by atoms with E-state index in [4.69, 9.17) is 9.47 Å². The third-order valence-corrected chi connectivity index (χ3v) is 6.46. The van der Waals surface area contributed by atoms with Crippen molar-refractivity contribution in [1.82, 2.24) is 10.2 Å². The number of likely N-dealkylation sites (tertiary alicyclic amines) is 1. The summed E-state index contributed by atoms with van der Waals surface area (Å²) < 4.78 is 11.0. The molecule has 2 aromatic carbocycles. The number of rotatable bonds is 5. The molecule has 1 aliphatic carbocycles. The summed E-state index contributed by atoms with van der Waals surface area (Å²) in [5.41, 5.74) is 3.82. The molecule has 8 heteroatoms. The van der Waals surface area contributed by atoms with Crippen LogP contribution < -0.4 is 5.32 Å². The number of ether oxygens (including phenoxy) is 2. The highest BCUT2D eigenvalue weighted by Crippen LogP contribution is 2.44. The van der Waals surface area contributed by atoms with Crippen molar-refractivity contribution in [2.75, 3.05) is 19.7 Å². The van der Waals surface area contributed by atoms with Gasteiger partial charge in [0.15, 0.2) is 0 Å². The van der Waals surface area contributed by atoms with E-state index in [-0.39, 0.29) is 19.1 Å². The Morgan fingerprint density at radius 3 is 2.23 bits per heavy atom. The van der Waals surface area contributed by atoms with Gasteiger partial charge in [0.25, 0.3) is 0 Å². The van der Waals surface area contributed by atoms with Crippen LogP contribution in [0.25, 0.3) is 11.1 Å². The van der Waals surface area contributed by atoms with Crippen LogP contribution in [0.4, 0.5) is 9.59 Å². The molecule has 35 heavy (non-hydrogen) atoms. The van der Waals surface area contributed by atoms with E-state index in [2.05, 4.69) is 29.6 Å². The lowest BCUT2D eigenvalue weighted by molar-refractivity contribution is -0.141. The first-order valence-corrected chi connectivity index (χ1v) is 12.0. The van der Waals surface area contributed by atoms with E-state index in [9.17, 15) is 19.5 Å². The summed E-state index contributed by atoms with van der Waals surface area (Å²) in [5.74, 6) is -1.66. The molecule has 8 nitrogen and oxygen atoms in total. The number of hydrogen-bond acceptors (Lipinski definition) is 5. The van der Waals surface area contributed by atoms with Gasteiger partial charge in [0, 0.05) is 24.9 Å². The molecule has 0 saturated carbocycles. The first kappa shape index (κ1) is 24.6. The summed E-state index contributed by atoms with van der Waals surface area (Å²) in [6.07, 6.45) is -0.0738.